The summed E-state index contributed by atoms with van der Waals surface area (Å²) < 4.78 is 19.2. The van der Waals surface area contributed by atoms with Gasteiger partial charge in [-0.1, -0.05) is 35.5 Å². The van der Waals surface area contributed by atoms with Crippen molar-refractivity contribution in [2.75, 3.05) is 38.1 Å². The van der Waals surface area contributed by atoms with Gasteiger partial charge >= 0.3 is 0 Å². The molecule has 0 spiro atoms. The summed E-state index contributed by atoms with van der Waals surface area (Å²) in [6.45, 7) is 3.98. The number of aromatic nitrogens is 2. The predicted octanol–water partition coefficient (Wildman–Crippen LogP) is 4.75. The van der Waals surface area contributed by atoms with Crippen LogP contribution in [0.15, 0.2) is 64.5 Å². The van der Waals surface area contributed by atoms with Crippen molar-refractivity contribution in [3.63, 3.8) is 0 Å². The molecule has 0 radical (unpaired) electrons. The Morgan fingerprint density at radius 1 is 1.03 bits per heavy atom. The second kappa shape index (κ2) is 9.64. The molecule has 4 rings (SSSR count). The van der Waals surface area contributed by atoms with E-state index in [4.69, 9.17) is 21.3 Å². The molecule has 1 aromatic heterocycles. The molecule has 8 heteroatoms. The van der Waals surface area contributed by atoms with E-state index in [0.717, 1.165) is 41.5 Å². The molecule has 2 heterocycles. The molecule has 0 bridgehead atoms. The van der Waals surface area contributed by atoms with Crippen molar-refractivity contribution in [1.82, 2.24) is 14.9 Å². The highest BCUT2D eigenvalue weighted by atomic mass is 35.5. The Morgan fingerprint density at radius 2 is 1.73 bits per heavy atom. The molecule has 0 amide bonds. The topological polar surface area (TPSA) is 41.5 Å². The number of hydrogen-bond acceptors (Lipinski definition) is 6. The van der Waals surface area contributed by atoms with Crippen molar-refractivity contribution in [2.45, 2.75) is 16.4 Å². The summed E-state index contributed by atoms with van der Waals surface area (Å²) in [7, 11) is 2.11. The lowest BCUT2D eigenvalue weighted by molar-refractivity contribution is 0.283. The van der Waals surface area contributed by atoms with Crippen LogP contribution >= 0.6 is 23.4 Å². The van der Waals surface area contributed by atoms with Gasteiger partial charge in [-0.25, -0.2) is 9.37 Å². The summed E-state index contributed by atoms with van der Waals surface area (Å²) in [4.78, 5) is 15.6. The van der Waals surface area contributed by atoms with Crippen LogP contribution in [0.5, 0.6) is 5.88 Å². The van der Waals surface area contributed by atoms with Crippen molar-refractivity contribution in [1.29, 1.82) is 0 Å². The summed E-state index contributed by atoms with van der Waals surface area (Å²) in [6, 6.07) is 13.9. The van der Waals surface area contributed by atoms with Crippen LogP contribution < -0.4 is 9.64 Å². The number of hydrogen-bond donors (Lipinski definition) is 0. The van der Waals surface area contributed by atoms with Crippen molar-refractivity contribution in [3.8, 4) is 5.88 Å². The molecular formula is C22H22ClFN4OS. The summed E-state index contributed by atoms with van der Waals surface area (Å²) in [5.74, 6) is 0.915. The van der Waals surface area contributed by atoms with Crippen LogP contribution in [0.3, 0.4) is 0 Å². The third kappa shape index (κ3) is 5.41. The first-order valence-corrected chi connectivity index (χ1v) is 10.9. The summed E-state index contributed by atoms with van der Waals surface area (Å²) >= 11 is 7.52. The molecule has 0 saturated carbocycles. The van der Waals surface area contributed by atoms with Crippen molar-refractivity contribution >= 4 is 29.3 Å². The second-order valence-corrected chi connectivity index (χ2v) is 8.65. The van der Waals surface area contributed by atoms with E-state index in [1.807, 2.05) is 24.3 Å². The summed E-state index contributed by atoms with van der Waals surface area (Å²) in [6.07, 6.45) is 1.81. The third-order valence-corrected chi connectivity index (χ3v) is 6.09. The number of benzene rings is 2. The standard InChI is InChI=1S/C22H22ClFN4OS/c1-27-10-12-28(13-11-27)22-25-14-20(30-19-8-4-17(23)5-9-19)21(26-22)29-15-16-2-6-18(24)7-3-16/h2-9,14H,10-13,15H2,1H3. The normalized spacial score (nSPS) is 14.7. The maximum absolute atomic E-state index is 13.2. The number of ether oxygens (including phenoxy) is 1. The molecule has 156 valence electrons. The van der Waals surface area contributed by atoms with E-state index < -0.39 is 0 Å². The fourth-order valence-corrected chi connectivity index (χ4v) is 3.99. The minimum Gasteiger partial charge on any atom is -0.472 e. The van der Waals surface area contributed by atoms with E-state index in [1.165, 1.54) is 23.9 Å². The number of anilines is 1. The highest BCUT2D eigenvalue weighted by molar-refractivity contribution is 7.99. The minimum absolute atomic E-state index is 0.267. The molecular weight excluding hydrogens is 423 g/mol. The van der Waals surface area contributed by atoms with Gasteiger partial charge in [-0.05, 0) is 49.0 Å². The number of halogens is 2. The van der Waals surface area contributed by atoms with Gasteiger partial charge in [0, 0.05) is 36.1 Å². The Morgan fingerprint density at radius 3 is 2.43 bits per heavy atom. The van der Waals surface area contributed by atoms with Gasteiger partial charge in [0.05, 0.1) is 11.1 Å². The lowest BCUT2D eigenvalue weighted by Crippen LogP contribution is -2.45. The van der Waals surface area contributed by atoms with Gasteiger partial charge in [0.25, 0.3) is 0 Å². The largest absolute Gasteiger partial charge is 0.472 e. The number of nitrogens with zero attached hydrogens (tertiary/aromatic N) is 4. The summed E-state index contributed by atoms with van der Waals surface area (Å²) in [5, 5.41) is 0.689. The Balaban J connectivity index is 1.57. The quantitative estimate of drug-likeness (QED) is 0.546. The highest BCUT2D eigenvalue weighted by Crippen LogP contribution is 2.35. The Hall–Kier alpha value is -2.35. The van der Waals surface area contributed by atoms with Gasteiger partial charge in [0.2, 0.25) is 11.8 Å². The Bertz CT molecular complexity index is 979. The zero-order chi connectivity index (χ0) is 20.9. The van der Waals surface area contributed by atoms with E-state index in [1.54, 1.807) is 18.3 Å². The Labute approximate surface area is 184 Å². The van der Waals surface area contributed by atoms with Crippen LogP contribution in [-0.4, -0.2) is 48.1 Å². The van der Waals surface area contributed by atoms with Gasteiger partial charge in [0.15, 0.2) is 0 Å². The van der Waals surface area contributed by atoms with Crippen molar-refractivity contribution in [2.24, 2.45) is 0 Å². The fourth-order valence-electron chi connectivity index (χ4n) is 3.04. The number of piperazine rings is 1. The average molecular weight is 445 g/mol. The number of likely N-dealkylation sites (N-methyl/N-ethyl adjacent to an activating group) is 1. The molecule has 1 fully saturated rings. The van der Waals surface area contributed by atoms with Crippen molar-refractivity contribution in [3.05, 3.63) is 71.1 Å². The monoisotopic (exact) mass is 444 g/mol. The van der Waals surface area contributed by atoms with Gasteiger partial charge in [-0.2, -0.15) is 4.98 Å². The van der Waals surface area contributed by atoms with Gasteiger partial charge < -0.3 is 14.5 Å². The van der Waals surface area contributed by atoms with Crippen LogP contribution in [0.4, 0.5) is 10.3 Å². The molecule has 0 atom stereocenters. The lowest BCUT2D eigenvalue weighted by atomic mass is 10.2. The predicted molar refractivity (Wildman–Crippen MR) is 118 cm³/mol. The molecule has 1 aliphatic heterocycles. The molecule has 2 aromatic carbocycles. The zero-order valence-corrected chi connectivity index (χ0v) is 18.2. The van der Waals surface area contributed by atoms with Crippen LogP contribution in [0.1, 0.15) is 5.56 Å². The maximum Gasteiger partial charge on any atom is 0.232 e. The van der Waals surface area contributed by atoms with Crippen LogP contribution in [0.25, 0.3) is 0 Å². The van der Waals surface area contributed by atoms with Gasteiger partial charge in [-0.3, -0.25) is 0 Å². The van der Waals surface area contributed by atoms with E-state index in [-0.39, 0.29) is 5.82 Å². The van der Waals surface area contributed by atoms with Crippen LogP contribution in [0.2, 0.25) is 5.02 Å². The molecule has 30 heavy (non-hydrogen) atoms. The fraction of sp³-hybridized carbons (Fsp3) is 0.273. The molecule has 3 aromatic rings. The van der Waals surface area contributed by atoms with Crippen LogP contribution in [0, 0.1) is 5.82 Å². The molecule has 1 aliphatic rings. The molecule has 1 saturated heterocycles. The van der Waals surface area contributed by atoms with E-state index in [2.05, 4.69) is 21.8 Å². The molecule has 0 aliphatic carbocycles. The Kier molecular flexibility index (Phi) is 6.72. The molecule has 5 nitrogen and oxygen atoms in total. The lowest BCUT2D eigenvalue weighted by Gasteiger charge is -2.32. The third-order valence-electron chi connectivity index (χ3n) is 4.83. The molecule has 0 N–H and O–H groups in total. The zero-order valence-electron chi connectivity index (χ0n) is 16.6. The summed E-state index contributed by atoms with van der Waals surface area (Å²) in [5.41, 5.74) is 0.874. The van der Waals surface area contributed by atoms with Crippen molar-refractivity contribution < 1.29 is 9.13 Å². The van der Waals surface area contributed by atoms with Gasteiger partial charge in [-0.15, -0.1) is 0 Å². The first kappa shape index (κ1) is 20.9. The first-order valence-electron chi connectivity index (χ1n) is 9.68. The smallest absolute Gasteiger partial charge is 0.232 e. The minimum atomic E-state index is -0.267. The van der Waals surface area contributed by atoms with E-state index in [9.17, 15) is 4.39 Å². The van der Waals surface area contributed by atoms with Crippen LogP contribution in [-0.2, 0) is 6.61 Å². The number of rotatable bonds is 6. The molecule has 0 unspecified atom stereocenters. The SMILES string of the molecule is CN1CCN(c2ncc(Sc3ccc(Cl)cc3)c(OCc3ccc(F)cc3)n2)CC1. The van der Waals surface area contributed by atoms with E-state index in [0.29, 0.717) is 23.5 Å². The average Bonchev–Trinajstić information content (AvgIpc) is 2.76. The highest BCUT2D eigenvalue weighted by Gasteiger charge is 2.19. The maximum atomic E-state index is 13.2. The first-order chi connectivity index (χ1) is 14.6. The van der Waals surface area contributed by atoms with Gasteiger partial charge in [0.1, 0.15) is 12.4 Å². The van der Waals surface area contributed by atoms with E-state index >= 15 is 0 Å². The second-order valence-electron chi connectivity index (χ2n) is 7.10.